The molecule has 3 heterocycles. The van der Waals surface area contributed by atoms with E-state index in [4.69, 9.17) is 19.2 Å². The molecule has 0 bridgehead atoms. The van der Waals surface area contributed by atoms with Gasteiger partial charge in [0.15, 0.2) is 11.5 Å². The Morgan fingerprint density at radius 2 is 2.11 bits per heavy atom. The quantitative estimate of drug-likeness (QED) is 0.324. The van der Waals surface area contributed by atoms with Crippen molar-refractivity contribution in [1.29, 1.82) is 0 Å². The van der Waals surface area contributed by atoms with E-state index in [2.05, 4.69) is 15.2 Å². The van der Waals surface area contributed by atoms with Crippen LogP contribution in [0.2, 0.25) is 0 Å². The minimum Gasteiger partial charge on any atom is -0.493 e. The molecule has 1 atom stereocenters. The van der Waals surface area contributed by atoms with Crippen molar-refractivity contribution in [2.45, 2.75) is 44.8 Å². The van der Waals surface area contributed by atoms with E-state index in [1.54, 1.807) is 13.3 Å². The van der Waals surface area contributed by atoms with Crippen molar-refractivity contribution in [3.8, 4) is 11.5 Å². The molecule has 5 rings (SSSR count). The third-order valence-electron chi connectivity index (χ3n) is 6.84. The van der Waals surface area contributed by atoms with Gasteiger partial charge in [-0.2, -0.15) is 0 Å². The summed E-state index contributed by atoms with van der Waals surface area (Å²) in [5.74, 6) is 1.36. The van der Waals surface area contributed by atoms with Gasteiger partial charge >= 0.3 is 0 Å². The first-order chi connectivity index (χ1) is 17.3. The first-order valence-corrected chi connectivity index (χ1v) is 12.4. The van der Waals surface area contributed by atoms with E-state index in [1.807, 2.05) is 30.5 Å². The van der Waals surface area contributed by atoms with Gasteiger partial charge < -0.3 is 24.4 Å². The molecule has 0 saturated carbocycles. The molecule has 184 valence electrons. The SMILES string of the molecule is COc1cc2c(NCc3cccnc3)c3c(nc2cc1OCCCN1CCCC1)CCC3OC=O. The van der Waals surface area contributed by atoms with Crippen LogP contribution in [0, 0.1) is 0 Å². The third kappa shape index (κ3) is 5.17. The predicted octanol–water partition coefficient (Wildman–Crippen LogP) is 4.28. The van der Waals surface area contributed by atoms with Crippen LogP contribution >= 0.6 is 0 Å². The number of anilines is 1. The topological polar surface area (TPSA) is 85.8 Å². The summed E-state index contributed by atoms with van der Waals surface area (Å²) in [6.45, 7) is 5.18. The van der Waals surface area contributed by atoms with Crippen LogP contribution in [0.3, 0.4) is 0 Å². The lowest BCUT2D eigenvalue weighted by molar-refractivity contribution is -0.133. The molecular weight excluding hydrogens is 444 g/mol. The maximum absolute atomic E-state index is 11.2. The van der Waals surface area contributed by atoms with Crippen LogP contribution in [0.1, 0.15) is 48.6 Å². The Hall–Kier alpha value is -3.39. The molecule has 1 aliphatic heterocycles. The van der Waals surface area contributed by atoms with Gasteiger partial charge in [-0.15, -0.1) is 0 Å². The molecule has 3 aromatic rings. The monoisotopic (exact) mass is 476 g/mol. The van der Waals surface area contributed by atoms with Crippen molar-refractivity contribution < 1.29 is 19.0 Å². The number of hydrogen-bond acceptors (Lipinski definition) is 8. The summed E-state index contributed by atoms with van der Waals surface area (Å²) >= 11 is 0. The number of carbonyl (C=O) groups is 1. The highest BCUT2D eigenvalue weighted by Gasteiger charge is 2.30. The number of rotatable bonds is 11. The molecule has 1 unspecified atom stereocenters. The number of ether oxygens (including phenoxy) is 3. The Morgan fingerprint density at radius 1 is 1.23 bits per heavy atom. The summed E-state index contributed by atoms with van der Waals surface area (Å²) in [4.78, 5) is 22.8. The molecule has 35 heavy (non-hydrogen) atoms. The number of fused-ring (bicyclic) bond motifs is 2. The fraction of sp³-hybridized carbons (Fsp3) is 0.444. The Morgan fingerprint density at radius 3 is 2.89 bits per heavy atom. The second kappa shape index (κ2) is 10.9. The first-order valence-electron chi connectivity index (χ1n) is 12.4. The molecule has 1 aromatic carbocycles. The van der Waals surface area contributed by atoms with Crippen molar-refractivity contribution in [2.75, 3.05) is 38.7 Å². The average molecular weight is 477 g/mol. The van der Waals surface area contributed by atoms with Crippen molar-refractivity contribution in [3.05, 3.63) is 53.5 Å². The van der Waals surface area contributed by atoms with Gasteiger partial charge in [-0.05, 0) is 62.9 Å². The van der Waals surface area contributed by atoms with E-state index < -0.39 is 0 Å². The van der Waals surface area contributed by atoms with Gasteiger partial charge in [-0.25, -0.2) is 0 Å². The molecule has 8 heteroatoms. The number of carbonyl (C=O) groups excluding carboxylic acids is 1. The van der Waals surface area contributed by atoms with Gasteiger partial charge in [0.25, 0.3) is 6.47 Å². The van der Waals surface area contributed by atoms with Gasteiger partial charge in [0.1, 0.15) is 6.10 Å². The van der Waals surface area contributed by atoms with Crippen LogP contribution < -0.4 is 14.8 Å². The van der Waals surface area contributed by atoms with E-state index >= 15 is 0 Å². The van der Waals surface area contributed by atoms with Crippen LogP contribution in [0.15, 0.2) is 36.7 Å². The highest BCUT2D eigenvalue weighted by Crippen LogP contribution is 2.44. The highest BCUT2D eigenvalue weighted by molar-refractivity contribution is 5.96. The van der Waals surface area contributed by atoms with Crippen LogP contribution in [0.4, 0.5) is 5.69 Å². The zero-order valence-corrected chi connectivity index (χ0v) is 20.2. The number of aryl methyl sites for hydroxylation is 1. The molecule has 8 nitrogen and oxygen atoms in total. The predicted molar refractivity (Wildman–Crippen MR) is 134 cm³/mol. The van der Waals surface area contributed by atoms with Gasteiger partial charge in [0.2, 0.25) is 0 Å². The van der Waals surface area contributed by atoms with Gasteiger partial charge in [0, 0.05) is 42.5 Å². The number of nitrogens with one attached hydrogen (secondary N) is 1. The second-order valence-corrected chi connectivity index (χ2v) is 9.09. The number of nitrogens with zero attached hydrogens (tertiary/aromatic N) is 3. The Labute approximate surface area is 205 Å². The summed E-state index contributed by atoms with van der Waals surface area (Å²) < 4.78 is 17.3. The summed E-state index contributed by atoms with van der Waals surface area (Å²) in [7, 11) is 1.65. The van der Waals surface area contributed by atoms with Crippen LogP contribution in [-0.2, 0) is 22.5 Å². The molecule has 1 saturated heterocycles. The van der Waals surface area contributed by atoms with E-state index in [-0.39, 0.29) is 6.10 Å². The Balaban J connectivity index is 1.44. The molecule has 1 N–H and O–H groups in total. The number of benzene rings is 1. The van der Waals surface area contributed by atoms with E-state index in [1.165, 1.54) is 25.9 Å². The van der Waals surface area contributed by atoms with Crippen molar-refractivity contribution in [1.82, 2.24) is 14.9 Å². The number of aromatic nitrogens is 2. The fourth-order valence-corrected chi connectivity index (χ4v) is 5.12. The normalized spacial score (nSPS) is 17.3. The molecule has 0 spiro atoms. The summed E-state index contributed by atoms with van der Waals surface area (Å²) in [6, 6.07) is 7.88. The largest absolute Gasteiger partial charge is 0.493 e. The molecule has 2 aromatic heterocycles. The number of pyridine rings is 2. The zero-order chi connectivity index (χ0) is 24.0. The smallest absolute Gasteiger partial charge is 0.293 e. The van der Waals surface area contributed by atoms with Gasteiger partial charge in [-0.1, -0.05) is 6.07 Å². The highest BCUT2D eigenvalue weighted by atomic mass is 16.5. The van der Waals surface area contributed by atoms with Crippen molar-refractivity contribution in [3.63, 3.8) is 0 Å². The average Bonchev–Trinajstić information content (AvgIpc) is 3.55. The Kier molecular flexibility index (Phi) is 7.28. The standard InChI is InChI=1S/C27H32N4O4/c1-33-24-14-20-22(15-25(24)34-13-5-12-31-10-2-3-11-31)30-21-7-8-23(35-18-32)26(21)27(20)29-17-19-6-4-9-28-16-19/h4,6,9,14-16,18,23H,2-3,5,7-8,10-13,17H2,1H3,(H,29,30). The molecular formula is C27H32N4O4. The number of hydrogen-bond donors (Lipinski definition) is 1. The Bertz CT molecular complexity index is 1170. The fourth-order valence-electron chi connectivity index (χ4n) is 5.12. The van der Waals surface area contributed by atoms with Crippen LogP contribution in [0.25, 0.3) is 10.9 Å². The molecule has 0 radical (unpaired) electrons. The van der Waals surface area contributed by atoms with Gasteiger partial charge in [-0.3, -0.25) is 14.8 Å². The van der Waals surface area contributed by atoms with E-state index in [0.29, 0.717) is 31.1 Å². The maximum atomic E-state index is 11.2. The lowest BCUT2D eigenvalue weighted by Crippen LogP contribution is -2.21. The van der Waals surface area contributed by atoms with E-state index in [0.717, 1.165) is 59.2 Å². The first kappa shape index (κ1) is 23.4. The minimum absolute atomic E-state index is 0.316. The molecule has 1 aliphatic carbocycles. The summed E-state index contributed by atoms with van der Waals surface area (Å²) in [6.07, 6.45) is 8.32. The van der Waals surface area contributed by atoms with E-state index in [9.17, 15) is 4.79 Å². The number of methoxy groups -OCH3 is 1. The second-order valence-electron chi connectivity index (χ2n) is 9.09. The van der Waals surface area contributed by atoms with Gasteiger partial charge in [0.05, 0.1) is 30.6 Å². The maximum Gasteiger partial charge on any atom is 0.293 e. The lowest BCUT2D eigenvalue weighted by Gasteiger charge is -2.20. The van der Waals surface area contributed by atoms with Crippen molar-refractivity contribution >= 4 is 23.1 Å². The molecule has 2 aliphatic rings. The zero-order valence-electron chi connectivity index (χ0n) is 20.2. The van der Waals surface area contributed by atoms with Crippen LogP contribution in [0.5, 0.6) is 11.5 Å². The lowest BCUT2D eigenvalue weighted by atomic mass is 10.0. The third-order valence-corrected chi connectivity index (χ3v) is 6.84. The molecule has 1 fully saturated rings. The minimum atomic E-state index is -0.316. The van der Waals surface area contributed by atoms with Crippen LogP contribution in [-0.4, -0.2) is 54.7 Å². The molecule has 0 amide bonds. The summed E-state index contributed by atoms with van der Waals surface area (Å²) in [5, 5.41) is 4.48. The van der Waals surface area contributed by atoms with Crippen molar-refractivity contribution in [2.24, 2.45) is 0 Å². The number of likely N-dealkylation sites (tertiary alicyclic amines) is 1. The summed E-state index contributed by atoms with van der Waals surface area (Å²) in [5.41, 5.74) is 4.69.